The number of aliphatic hydroxyl groups excluding tert-OH is 1. The standard InChI is InChI=1S/C10H20O3/c1-5-8(11)7-13-9(12)10(3,4)6-2/h8,11H,5-7H2,1-4H3. The van der Waals surface area contributed by atoms with E-state index in [4.69, 9.17) is 9.84 Å². The summed E-state index contributed by atoms with van der Waals surface area (Å²) in [6.45, 7) is 7.58. The zero-order chi connectivity index (χ0) is 10.5. The molecule has 0 rings (SSSR count). The van der Waals surface area contributed by atoms with Crippen LogP contribution >= 0.6 is 0 Å². The lowest BCUT2D eigenvalue weighted by Crippen LogP contribution is -2.28. The van der Waals surface area contributed by atoms with Crippen LogP contribution in [0, 0.1) is 5.41 Å². The second-order valence-corrected chi connectivity index (χ2v) is 3.90. The first-order valence-electron chi connectivity index (χ1n) is 4.79. The number of hydrogen-bond donors (Lipinski definition) is 1. The number of carbonyl (C=O) groups excluding carboxylic acids is 1. The lowest BCUT2D eigenvalue weighted by Gasteiger charge is -2.21. The predicted molar refractivity (Wildman–Crippen MR) is 51.3 cm³/mol. The summed E-state index contributed by atoms with van der Waals surface area (Å²) >= 11 is 0. The van der Waals surface area contributed by atoms with Gasteiger partial charge in [-0.2, -0.15) is 0 Å². The molecule has 0 aliphatic heterocycles. The molecule has 0 aliphatic carbocycles. The van der Waals surface area contributed by atoms with E-state index in [2.05, 4.69) is 0 Å². The molecule has 0 saturated heterocycles. The molecule has 0 heterocycles. The zero-order valence-corrected chi connectivity index (χ0v) is 8.96. The lowest BCUT2D eigenvalue weighted by molar-refractivity contribution is -0.157. The fraction of sp³-hybridized carbons (Fsp3) is 0.900. The lowest BCUT2D eigenvalue weighted by atomic mass is 9.91. The van der Waals surface area contributed by atoms with Crippen molar-refractivity contribution in [1.82, 2.24) is 0 Å². The first kappa shape index (κ1) is 12.4. The molecule has 3 heteroatoms. The van der Waals surface area contributed by atoms with Crippen molar-refractivity contribution in [2.75, 3.05) is 6.61 Å². The third kappa shape index (κ3) is 4.27. The summed E-state index contributed by atoms with van der Waals surface area (Å²) in [5.41, 5.74) is -0.437. The molecule has 0 fully saturated rings. The topological polar surface area (TPSA) is 46.5 Å². The third-order valence-corrected chi connectivity index (χ3v) is 2.31. The maximum Gasteiger partial charge on any atom is 0.311 e. The number of esters is 1. The molecule has 1 atom stereocenters. The van der Waals surface area contributed by atoms with Crippen LogP contribution in [0.3, 0.4) is 0 Å². The van der Waals surface area contributed by atoms with E-state index < -0.39 is 11.5 Å². The maximum absolute atomic E-state index is 11.4. The fourth-order valence-corrected chi connectivity index (χ4v) is 0.629. The van der Waals surface area contributed by atoms with Crippen LogP contribution in [0.5, 0.6) is 0 Å². The van der Waals surface area contributed by atoms with Crippen LogP contribution in [-0.4, -0.2) is 23.8 Å². The van der Waals surface area contributed by atoms with E-state index in [1.807, 2.05) is 27.7 Å². The van der Waals surface area contributed by atoms with E-state index in [0.29, 0.717) is 6.42 Å². The van der Waals surface area contributed by atoms with Crippen LogP contribution in [0.1, 0.15) is 40.5 Å². The molecular formula is C10H20O3. The van der Waals surface area contributed by atoms with Gasteiger partial charge in [0.1, 0.15) is 6.61 Å². The Morgan fingerprint density at radius 1 is 1.46 bits per heavy atom. The molecule has 0 bridgehead atoms. The van der Waals surface area contributed by atoms with Crippen molar-refractivity contribution in [3.8, 4) is 0 Å². The molecule has 0 saturated carbocycles. The smallest absolute Gasteiger partial charge is 0.311 e. The number of carbonyl (C=O) groups is 1. The van der Waals surface area contributed by atoms with Gasteiger partial charge in [0.2, 0.25) is 0 Å². The Kier molecular flexibility index (Phi) is 4.99. The number of ether oxygens (including phenoxy) is 1. The van der Waals surface area contributed by atoms with Gasteiger partial charge in [0, 0.05) is 0 Å². The maximum atomic E-state index is 11.4. The summed E-state index contributed by atoms with van der Waals surface area (Å²) in [6.07, 6.45) is 0.824. The Morgan fingerprint density at radius 3 is 2.38 bits per heavy atom. The minimum absolute atomic E-state index is 0.110. The molecule has 0 aromatic carbocycles. The van der Waals surface area contributed by atoms with Crippen molar-refractivity contribution in [1.29, 1.82) is 0 Å². The Balaban J connectivity index is 3.88. The van der Waals surface area contributed by atoms with Crippen molar-refractivity contribution in [2.45, 2.75) is 46.6 Å². The van der Waals surface area contributed by atoms with Gasteiger partial charge in [-0.15, -0.1) is 0 Å². The number of aliphatic hydroxyl groups is 1. The van der Waals surface area contributed by atoms with Gasteiger partial charge in [0.15, 0.2) is 0 Å². The largest absolute Gasteiger partial charge is 0.463 e. The molecule has 0 aromatic rings. The fourth-order valence-electron chi connectivity index (χ4n) is 0.629. The van der Waals surface area contributed by atoms with Gasteiger partial charge in [-0.05, 0) is 26.7 Å². The molecule has 0 spiro atoms. The molecule has 0 amide bonds. The van der Waals surface area contributed by atoms with E-state index >= 15 is 0 Å². The molecule has 0 radical (unpaired) electrons. The molecule has 1 N–H and O–H groups in total. The van der Waals surface area contributed by atoms with Crippen molar-refractivity contribution in [3.63, 3.8) is 0 Å². The van der Waals surface area contributed by atoms with Crippen LogP contribution in [-0.2, 0) is 9.53 Å². The first-order chi connectivity index (χ1) is 5.94. The van der Waals surface area contributed by atoms with Gasteiger partial charge < -0.3 is 9.84 Å². The van der Waals surface area contributed by atoms with E-state index in [0.717, 1.165) is 6.42 Å². The first-order valence-corrected chi connectivity index (χ1v) is 4.79. The van der Waals surface area contributed by atoms with E-state index in [1.54, 1.807) is 0 Å². The zero-order valence-electron chi connectivity index (χ0n) is 8.96. The van der Waals surface area contributed by atoms with Crippen molar-refractivity contribution >= 4 is 5.97 Å². The van der Waals surface area contributed by atoms with Gasteiger partial charge in [-0.1, -0.05) is 13.8 Å². The Bertz CT molecular complexity index is 164. The molecular weight excluding hydrogens is 168 g/mol. The molecule has 0 aromatic heterocycles. The summed E-state index contributed by atoms with van der Waals surface area (Å²) in [5, 5.41) is 9.17. The summed E-state index contributed by atoms with van der Waals surface area (Å²) in [4.78, 5) is 11.4. The minimum Gasteiger partial charge on any atom is -0.463 e. The minimum atomic E-state index is -0.531. The highest BCUT2D eigenvalue weighted by Crippen LogP contribution is 2.21. The van der Waals surface area contributed by atoms with Crippen LogP contribution < -0.4 is 0 Å². The normalized spacial score (nSPS) is 13.9. The number of hydrogen-bond acceptors (Lipinski definition) is 3. The van der Waals surface area contributed by atoms with Gasteiger partial charge in [0.05, 0.1) is 11.5 Å². The van der Waals surface area contributed by atoms with Gasteiger partial charge in [0.25, 0.3) is 0 Å². The van der Waals surface area contributed by atoms with Gasteiger partial charge in [-0.25, -0.2) is 0 Å². The predicted octanol–water partition coefficient (Wildman–Crippen LogP) is 1.74. The highest BCUT2D eigenvalue weighted by molar-refractivity contribution is 5.75. The van der Waals surface area contributed by atoms with Gasteiger partial charge in [-0.3, -0.25) is 4.79 Å². The summed E-state index contributed by atoms with van der Waals surface area (Å²) in [5.74, 6) is -0.234. The quantitative estimate of drug-likeness (QED) is 0.668. The van der Waals surface area contributed by atoms with Crippen LogP contribution in [0.25, 0.3) is 0 Å². The van der Waals surface area contributed by atoms with Crippen LogP contribution in [0.2, 0.25) is 0 Å². The van der Waals surface area contributed by atoms with E-state index in [1.165, 1.54) is 0 Å². The summed E-state index contributed by atoms with van der Waals surface area (Å²) < 4.78 is 4.96. The Morgan fingerprint density at radius 2 is 2.00 bits per heavy atom. The molecule has 3 nitrogen and oxygen atoms in total. The molecule has 1 unspecified atom stereocenters. The third-order valence-electron chi connectivity index (χ3n) is 2.31. The van der Waals surface area contributed by atoms with Gasteiger partial charge >= 0.3 is 5.97 Å². The monoisotopic (exact) mass is 188 g/mol. The summed E-state index contributed by atoms with van der Waals surface area (Å²) in [6, 6.07) is 0. The molecule has 78 valence electrons. The molecule has 13 heavy (non-hydrogen) atoms. The average Bonchev–Trinajstić information content (AvgIpc) is 2.13. The van der Waals surface area contributed by atoms with Crippen LogP contribution in [0.4, 0.5) is 0 Å². The van der Waals surface area contributed by atoms with E-state index in [-0.39, 0.29) is 12.6 Å². The van der Waals surface area contributed by atoms with E-state index in [9.17, 15) is 4.79 Å². The Hall–Kier alpha value is -0.570. The second kappa shape index (κ2) is 5.22. The van der Waals surface area contributed by atoms with Crippen molar-refractivity contribution in [3.05, 3.63) is 0 Å². The Labute approximate surface area is 80.1 Å². The SMILES string of the molecule is CCC(O)COC(=O)C(C)(C)CC. The highest BCUT2D eigenvalue weighted by atomic mass is 16.5. The van der Waals surface area contributed by atoms with Crippen LogP contribution in [0.15, 0.2) is 0 Å². The molecule has 0 aliphatic rings. The van der Waals surface area contributed by atoms with Crippen molar-refractivity contribution in [2.24, 2.45) is 5.41 Å². The average molecular weight is 188 g/mol. The highest BCUT2D eigenvalue weighted by Gasteiger charge is 2.27. The second-order valence-electron chi connectivity index (χ2n) is 3.90. The number of rotatable bonds is 5. The van der Waals surface area contributed by atoms with Crippen molar-refractivity contribution < 1.29 is 14.6 Å². The summed E-state index contributed by atoms with van der Waals surface area (Å²) in [7, 11) is 0.